The molecular weight excluding hydrogens is 264 g/mol. The number of rotatable bonds is 3. The molecular formula is C12H10N4O2S. The minimum absolute atomic E-state index is 0.210. The van der Waals surface area contributed by atoms with Gasteiger partial charge in [-0.2, -0.15) is 4.98 Å². The lowest BCUT2D eigenvalue weighted by molar-refractivity contribution is 0.102. The molecule has 0 aliphatic carbocycles. The third kappa shape index (κ3) is 2.27. The van der Waals surface area contributed by atoms with Crippen LogP contribution in [0.3, 0.4) is 0 Å². The maximum absolute atomic E-state index is 11.9. The molecule has 96 valence electrons. The molecule has 0 unspecified atom stereocenters. The number of carbonyl (C=O) groups excluding carboxylic acids is 1. The highest BCUT2D eigenvalue weighted by Crippen LogP contribution is 2.14. The molecule has 0 saturated carbocycles. The lowest BCUT2D eigenvalue weighted by atomic mass is 10.4. The molecule has 3 aromatic heterocycles. The number of pyridine rings is 1. The van der Waals surface area contributed by atoms with Crippen LogP contribution in [0.1, 0.15) is 9.67 Å². The highest BCUT2D eigenvalue weighted by Gasteiger charge is 2.10. The first kappa shape index (κ1) is 11.7. The van der Waals surface area contributed by atoms with Gasteiger partial charge in [0, 0.05) is 0 Å². The van der Waals surface area contributed by atoms with E-state index in [-0.39, 0.29) is 11.9 Å². The van der Waals surface area contributed by atoms with Gasteiger partial charge in [0.15, 0.2) is 5.65 Å². The van der Waals surface area contributed by atoms with Crippen molar-refractivity contribution in [1.29, 1.82) is 0 Å². The van der Waals surface area contributed by atoms with Crippen LogP contribution in [0, 0.1) is 0 Å². The summed E-state index contributed by atoms with van der Waals surface area (Å²) >= 11 is 1.37. The fraction of sp³-hybridized carbons (Fsp3) is 0.0833. The van der Waals surface area contributed by atoms with Gasteiger partial charge in [0.25, 0.3) is 5.91 Å². The van der Waals surface area contributed by atoms with Gasteiger partial charge in [-0.1, -0.05) is 6.07 Å². The third-order valence-corrected chi connectivity index (χ3v) is 3.38. The summed E-state index contributed by atoms with van der Waals surface area (Å²) in [5.74, 6) is 0.734. The molecule has 6 nitrogen and oxygen atoms in total. The van der Waals surface area contributed by atoms with Crippen molar-refractivity contribution in [2.24, 2.45) is 0 Å². The van der Waals surface area contributed by atoms with Gasteiger partial charge in [0.05, 0.1) is 18.2 Å². The largest absolute Gasteiger partial charge is 0.495 e. The van der Waals surface area contributed by atoms with E-state index in [0.29, 0.717) is 16.3 Å². The summed E-state index contributed by atoms with van der Waals surface area (Å²) in [5.41, 5.74) is 0.641. The van der Waals surface area contributed by atoms with Crippen LogP contribution in [0.5, 0.6) is 5.75 Å². The van der Waals surface area contributed by atoms with Gasteiger partial charge in [-0.05, 0) is 23.6 Å². The highest BCUT2D eigenvalue weighted by molar-refractivity contribution is 7.12. The van der Waals surface area contributed by atoms with Crippen LogP contribution in [0.4, 0.5) is 5.95 Å². The van der Waals surface area contributed by atoms with Crippen molar-refractivity contribution < 1.29 is 9.53 Å². The number of methoxy groups -OCH3 is 1. The van der Waals surface area contributed by atoms with Crippen LogP contribution in [0.25, 0.3) is 5.65 Å². The van der Waals surface area contributed by atoms with Crippen LogP contribution in [0.15, 0.2) is 35.8 Å². The van der Waals surface area contributed by atoms with Crippen molar-refractivity contribution in [3.8, 4) is 5.75 Å². The van der Waals surface area contributed by atoms with E-state index in [1.54, 1.807) is 36.0 Å². The Morgan fingerprint density at radius 1 is 1.42 bits per heavy atom. The summed E-state index contributed by atoms with van der Waals surface area (Å²) in [7, 11) is 1.58. The Balaban J connectivity index is 1.87. The van der Waals surface area contributed by atoms with E-state index in [4.69, 9.17) is 4.74 Å². The molecule has 0 saturated heterocycles. The van der Waals surface area contributed by atoms with Gasteiger partial charge in [-0.25, -0.2) is 4.52 Å². The van der Waals surface area contributed by atoms with E-state index in [9.17, 15) is 4.79 Å². The topological polar surface area (TPSA) is 68.5 Å². The number of fused-ring (bicyclic) bond motifs is 1. The monoisotopic (exact) mass is 274 g/mol. The summed E-state index contributed by atoms with van der Waals surface area (Å²) in [6, 6.07) is 7.13. The Labute approximate surface area is 112 Å². The fourth-order valence-corrected chi connectivity index (χ4v) is 2.23. The number of carbonyl (C=O) groups is 1. The number of anilines is 1. The second kappa shape index (κ2) is 4.69. The second-order valence-electron chi connectivity index (χ2n) is 3.74. The average molecular weight is 274 g/mol. The van der Waals surface area contributed by atoms with Gasteiger partial charge < -0.3 is 4.74 Å². The number of hydrogen-bond acceptors (Lipinski definition) is 5. The Kier molecular flexibility index (Phi) is 2.88. The number of nitrogens with one attached hydrogen (secondary N) is 1. The van der Waals surface area contributed by atoms with Crippen LogP contribution in [-0.2, 0) is 0 Å². The van der Waals surface area contributed by atoms with Crippen LogP contribution < -0.4 is 10.1 Å². The van der Waals surface area contributed by atoms with Crippen LogP contribution in [-0.4, -0.2) is 27.6 Å². The van der Waals surface area contributed by atoms with Gasteiger partial charge in [-0.15, -0.1) is 16.4 Å². The minimum Gasteiger partial charge on any atom is -0.495 e. The molecule has 0 bridgehead atoms. The average Bonchev–Trinajstić information content (AvgIpc) is 3.06. The Morgan fingerprint density at radius 2 is 2.32 bits per heavy atom. The van der Waals surface area contributed by atoms with Crippen molar-refractivity contribution >= 4 is 28.8 Å². The first-order valence-corrected chi connectivity index (χ1v) is 6.39. The van der Waals surface area contributed by atoms with E-state index in [1.165, 1.54) is 11.3 Å². The number of amides is 1. The van der Waals surface area contributed by atoms with Gasteiger partial charge in [0.2, 0.25) is 5.95 Å². The molecule has 1 N–H and O–H groups in total. The van der Waals surface area contributed by atoms with Crippen molar-refractivity contribution in [2.75, 3.05) is 12.4 Å². The Hall–Kier alpha value is -2.41. The lowest BCUT2D eigenvalue weighted by Gasteiger charge is -1.97. The van der Waals surface area contributed by atoms with E-state index >= 15 is 0 Å². The first-order valence-electron chi connectivity index (χ1n) is 5.51. The van der Waals surface area contributed by atoms with Gasteiger partial charge in [-0.3, -0.25) is 10.1 Å². The Bertz CT molecular complexity index is 720. The van der Waals surface area contributed by atoms with Crippen molar-refractivity contribution in [3.63, 3.8) is 0 Å². The van der Waals surface area contributed by atoms with Gasteiger partial charge in [0.1, 0.15) is 5.75 Å². The molecule has 19 heavy (non-hydrogen) atoms. The Morgan fingerprint density at radius 3 is 3.05 bits per heavy atom. The maximum Gasteiger partial charge on any atom is 0.268 e. The van der Waals surface area contributed by atoms with Crippen molar-refractivity contribution in [3.05, 3.63) is 40.7 Å². The molecule has 0 aromatic carbocycles. The SMILES string of the molecule is COc1ccc2nc(NC(=O)c3cccs3)nn2c1. The molecule has 0 atom stereocenters. The summed E-state index contributed by atoms with van der Waals surface area (Å²) in [5, 5.41) is 8.67. The molecule has 0 spiro atoms. The number of ether oxygens (including phenoxy) is 1. The van der Waals surface area contributed by atoms with Gasteiger partial charge >= 0.3 is 0 Å². The first-order chi connectivity index (χ1) is 9.26. The minimum atomic E-state index is -0.210. The predicted molar refractivity (Wildman–Crippen MR) is 71.8 cm³/mol. The smallest absolute Gasteiger partial charge is 0.268 e. The third-order valence-electron chi connectivity index (χ3n) is 2.51. The zero-order valence-electron chi connectivity index (χ0n) is 10.0. The zero-order valence-corrected chi connectivity index (χ0v) is 10.8. The van der Waals surface area contributed by atoms with Crippen LogP contribution >= 0.6 is 11.3 Å². The van der Waals surface area contributed by atoms with Crippen molar-refractivity contribution in [1.82, 2.24) is 14.6 Å². The molecule has 0 radical (unpaired) electrons. The number of nitrogens with zero attached hydrogens (tertiary/aromatic N) is 3. The fourth-order valence-electron chi connectivity index (χ4n) is 1.61. The molecule has 0 fully saturated rings. The van der Waals surface area contributed by atoms with E-state index < -0.39 is 0 Å². The second-order valence-corrected chi connectivity index (χ2v) is 4.69. The summed E-state index contributed by atoms with van der Waals surface area (Å²) in [6.45, 7) is 0. The zero-order chi connectivity index (χ0) is 13.2. The molecule has 3 heterocycles. The number of hydrogen-bond donors (Lipinski definition) is 1. The molecule has 1 amide bonds. The molecule has 7 heteroatoms. The molecule has 0 aliphatic rings. The molecule has 3 aromatic rings. The lowest BCUT2D eigenvalue weighted by Crippen LogP contribution is -2.11. The molecule has 3 rings (SSSR count). The van der Waals surface area contributed by atoms with E-state index in [1.807, 2.05) is 11.4 Å². The normalized spacial score (nSPS) is 10.6. The predicted octanol–water partition coefficient (Wildman–Crippen LogP) is 2.05. The number of thiophene rings is 1. The summed E-state index contributed by atoms with van der Waals surface area (Å²) < 4.78 is 6.66. The highest BCUT2D eigenvalue weighted by atomic mass is 32.1. The summed E-state index contributed by atoms with van der Waals surface area (Å²) in [4.78, 5) is 16.7. The van der Waals surface area contributed by atoms with Crippen molar-refractivity contribution in [2.45, 2.75) is 0 Å². The number of aromatic nitrogens is 3. The quantitative estimate of drug-likeness (QED) is 0.793. The van der Waals surface area contributed by atoms with E-state index in [0.717, 1.165) is 0 Å². The van der Waals surface area contributed by atoms with Crippen LogP contribution in [0.2, 0.25) is 0 Å². The van der Waals surface area contributed by atoms with E-state index in [2.05, 4.69) is 15.4 Å². The standard InChI is InChI=1S/C12H10N4O2S/c1-18-8-4-5-10-13-12(15-16(10)7-8)14-11(17)9-3-2-6-19-9/h2-7H,1H3,(H,14,15,17). The maximum atomic E-state index is 11.9. The molecule has 0 aliphatic heterocycles. The summed E-state index contributed by atoms with van der Waals surface area (Å²) in [6.07, 6.45) is 1.70.